The summed E-state index contributed by atoms with van der Waals surface area (Å²) in [4.78, 5) is 2.68. The first-order valence-electron chi connectivity index (χ1n) is 9.05. The van der Waals surface area contributed by atoms with Crippen LogP contribution in [-0.2, 0) is 4.74 Å². The first-order chi connectivity index (χ1) is 11.7. The number of hydrogen-bond acceptors (Lipinski definition) is 3. The number of likely N-dealkylation sites (tertiary alicyclic amines) is 1. The lowest BCUT2D eigenvalue weighted by Gasteiger charge is -2.38. The van der Waals surface area contributed by atoms with Crippen LogP contribution in [0.25, 0.3) is 0 Å². The molecular weight excluding hydrogens is 345 g/mol. The molecule has 2 aliphatic rings. The Bertz CT molecular complexity index is 514. The van der Waals surface area contributed by atoms with Crippen molar-refractivity contribution in [2.45, 2.75) is 63.1 Å². The molecule has 1 aliphatic heterocycles. The number of hydrogen-bond donors (Lipinski definition) is 0. The number of ether oxygens (including phenoxy) is 2. The van der Waals surface area contributed by atoms with Gasteiger partial charge in [0.1, 0.15) is 11.9 Å². The van der Waals surface area contributed by atoms with Gasteiger partial charge in [0.05, 0.1) is 6.61 Å². The zero-order chi connectivity index (χ0) is 16.9. The van der Waals surface area contributed by atoms with Gasteiger partial charge in [-0.3, -0.25) is 4.90 Å². The Hall–Kier alpha value is -0.480. The van der Waals surface area contributed by atoms with E-state index in [0.29, 0.717) is 28.7 Å². The summed E-state index contributed by atoms with van der Waals surface area (Å²) < 4.78 is 11.8. The van der Waals surface area contributed by atoms with Gasteiger partial charge in [-0.15, -0.1) is 0 Å². The molecule has 1 heterocycles. The van der Waals surface area contributed by atoms with Crippen LogP contribution in [0, 0.1) is 0 Å². The highest BCUT2D eigenvalue weighted by molar-refractivity contribution is 6.34. The molecule has 2 unspecified atom stereocenters. The molecule has 1 aliphatic carbocycles. The topological polar surface area (TPSA) is 21.7 Å². The van der Waals surface area contributed by atoms with Crippen LogP contribution >= 0.6 is 23.2 Å². The van der Waals surface area contributed by atoms with E-state index in [1.54, 1.807) is 13.2 Å². The van der Waals surface area contributed by atoms with Crippen LogP contribution in [0.1, 0.15) is 44.9 Å². The SMILES string of the molecule is COCC(Oc1cc(Cl)cc(Cl)c1)C1CCCN1C1CCCCC1. The smallest absolute Gasteiger partial charge is 0.137 e. The molecule has 24 heavy (non-hydrogen) atoms. The highest BCUT2D eigenvalue weighted by Crippen LogP contribution is 2.33. The van der Waals surface area contributed by atoms with Crippen LogP contribution in [0.5, 0.6) is 5.75 Å². The Labute approximate surface area is 155 Å². The van der Waals surface area contributed by atoms with Crippen molar-refractivity contribution in [3.63, 3.8) is 0 Å². The number of nitrogens with zero attached hydrogens (tertiary/aromatic N) is 1. The molecule has 5 heteroatoms. The summed E-state index contributed by atoms with van der Waals surface area (Å²) in [7, 11) is 1.74. The standard InChI is InChI=1S/C19H27Cl2NO2/c1-23-13-19(24-17-11-14(20)10-15(21)12-17)18-8-5-9-22(18)16-6-3-2-4-7-16/h10-12,16,18-19H,2-9,13H2,1H3. The van der Waals surface area contributed by atoms with E-state index >= 15 is 0 Å². The summed E-state index contributed by atoms with van der Waals surface area (Å²) in [6.45, 7) is 1.76. The Morgan fingerprint density at radius 1 is 1.04 bits per heavy atom. The van der Waals surface area contributed by atoms with E-state index < -0.39 is 0 Å². The van der Waals surface area contributed by atoms with Crippen molar-refractivity contribution in [3.8, 4) is 5.75 Å². The molecule has 134 valence electrons. The molecule has 0 radical (unpaired) electrons. The predicted octanol–water partition coefficient (Wildman–Crippen LogP) is 5.18. The average molecular weight is 372 g/mol. The average Bonchev–Trinajstić information content (AvgIpc) is 3.04. The maximum atomic E-state index is 6.29. The third-order valence-electron chi connectivity index (χ3n) is 5.27. The number of methoxy groups -OCH3 is 1. The van der Waals surface area contributed by atoms with Crippen molar-refractivity contribution in [2.24, 2.45) is 0 Å². The molecule has 1 aromatic carbocycles. The van der Waals surface area contributed by atoms with Crippen molar-refractivity contribution < 1.29 is 9.47 Å². The quantitative estimate of drug-likeness (QED) is 0.686. The number of halogens is 2. The highest BCUT2D eigenvalue weighted by atomic mass is 35.5. The minimum atomic E-state index is 0.00830. The molecule has 1 aromatic rings. The molecule has 1 saturated heterocycles. The van der Waals surface area contributed by atoms with Crippen molar-refractivity contribution in [2.75, 3.05) is 20.3 Å². The lowest BCUT2D eigenvalue weighted by Crippen LogP contribution is -2.49. The maximum absolute atomic E-state index is 6.29. The normalized spacial score (nSPS) is 24.2. The van der Waals surface area contributed by atoms with Crippen molar-refractivity contribution in [3.05, 3.63) is 28.2 Å². The van der Waals surface area contributed by atoms with Gasteiger partial charge < -0.3 is 9.47 Å². The van der Waals surface area contributed by atoms with Gasteiger partial charge >= 0.3 is 0 Å². The van der Waals surface area contributed by atoms with E-state index in [9.17, 15) is 0 Å². The fourth-order valence-corrected chi connectivity index (χ4v) is 4.75. The van der Waals surface area contributed by atoms with E-state index in [1.807, 2.05) is 12.1 Å². The number of rotatable bonds is 6. The predicted molar refractivity (Wildman–Crippen MR) is 99.4 cm³/mol. The van der Waals surface area contributed by atoms with Crippen molar-refractivity contribution in [1.82, 2.24) is 4.90 Å². The van der Waals surface area contributed by atoms with E-state index in [4.69, 9.17) is 32.7 Å². The molecule has 0 spiro atoms. The largest absolute Gasteiger partial charge is 0.486 e. The molecule has 3 rings (SSSR count). The van der Waals surface area contributed by atoms with Crippen molar-refractivity contribution in [1.29, 1.82) is 0 Å². The Morgan fingerprint density at radius 3 is 2.42 bits per heavy atom. The first-order valence-corrected chi connectivity index (χ1v) is 9.80. The van der Waals surface area contributed by atoms with E-state index in [0.717, 1.165) is 5.75 Å². The first kappa shape index (κ1) is 18.3. The van der Waals surface area contributed by atoms with Crippen LogP contribution in [0.2, 0.25) is 10.0 Å². The summed E-state index contributed by atoms with van der Waals surface area (Å²) in [6.07, 6.45) is 9.14. The van der Waals surface area contributed by atoms with Gasteiger partial charge in [0.25, 0.3) is 0 Å². The molecule has 0 N–H and O–H groups in total. The van der Waals surface area contributed by atoms with Gasteiger partial charge in [-0.2, -0.15) is 0 Å². The highest BCUT2D eigenvalue weighted by Gasteiger charge is 2.37. The van der Waals surface area contributed by atoms with Crippen LogP contribution in [0.15, 0.2) is 18.2 Å². The minimum Gasteiger partial charge on any atom is -0.486 e. The van der Waals surface area contributed by atoms with Gasteiger partial charge in [-0.05, 0) is 50.4 Å². The Kier molecular flexibility index (Phi) is 6.68. The molecule has 2 fully saturated rings. The maximum Gasteiger partial charge on any atom is 0.137 e. The third-order valence-corrected chi connectivity index (χ3v) is 5.71. The monoisotopic (exact) mass is 371 g/mol. The van der Waals surface area contributed by atoms with Crippen LogP contribution in [0.4, 0.5) is 0 Å². The Balaban J connectivity index is 1.73. The number of benzene rings is 1. The van der Waals surface area contributed by atoms with E-state index in [-0.39, 0.29) is 6.10 Å². The molecule has 0 aromatic heterocycles. The van der Waals surface area contributed by atoms with Crippen LogP contribution in [-0.4, -0.2) is 43.3 Å². The van der Waals surface area contributed by atoms with Gasteiger partial charge in [0.2, 0.25) is 0 Å². The van der Waals surface area contributed by atoms with Gasteiger partial charge in [0.15, 0.2) is 0 Å². The molecule has 2 atom stereocenters. The van der Waals surface area contributed by atoms with Gasteiger partial charge in [0, 0.05) is 29.2 Å². The molecule has 0 bridgehead atoms. The fraction of sp³-hybridized carbons (Fsp3) is 0.684. The second kappa shape index (κ2) is 8.75. The lowest BCUT2D eigenvalue weighted by atomic mass is 9.93. The molecule has 0 amide bonds. The summed E-state index contributed by atoms with van der Waals surface area (Å²) in [5.74, 6) is 0.727. The molecule has 1 saturated carbocycles. The lowest BCUT2D eigenvalue weighted by molar-refractivity contribution is 0.00747. The molecule has 3 nitrogen and oxygen atoms in total. The summed E-state index contributed by atoms with van der Waals surface area (Å²) >= 11 is 12.2. The third kappa shape index (κ3) is 4.57. The summed E-state index contributed by atoms with van der Waals surface area (Å²) in [5, 5.41) is 1.20. The van der Waals surface area contributed by atoms with E-state index in [1.165, 1.54) is 51.5 Å². The second-order valence-electron chi connectivity index (χ2n) is 6.96. The fourth-order valence-electron chi connectivity index (χ4n) is 4.24. The molecular formula is C19H27Cl2NO2. The van der Waals surface area contributed by atoms with Crippen LogP contribution in [0.3, 0.4) is 0 Å². The Morgan fingerprint density at radius 2 is 1.75 bits per heavy atom. The zero-order valence-corrected chi connectivity index (χ0v) is 15.9. The summed E-state index contributed by atoms with van der Waals surface area (Å²) in [5.41, 5.74) is 0. The van der Waals surface area contributed by atoms with Crippen LogP contribution < -0.4 is 4.74 Å². The van der Waals surface area contributed by atoms with Gasteiger partial charge in [-0.25, -0.2) is 0 Å². The zero-order valence-electron chi connectivity index (χ0n) is 14.3. The van der Waals surface area contributed by atoms with E-state index in [2.05, 4.69) is 4.90 Å². The minimum absolute atomic E-state index is 0.00830. The van der Waals surface area contributed by atoms with Gasteiger partial charge in [-0.1, -0.05) is 42.5 Å². The second-order valence-corrected chi connectivity index (χ2v) is 7.83. The summed E-state index contributed by atoms with van der Waals surface area (Å²) in [6, 6.07) is 6.50. The van der Waals surface area contributed by atoms with Crippen molar-refractivity contribution >= 4 is 23.2 Å².